The van der Waals surface area contributed by atoms with Crippen molar-refractivity contribution in [3.05, 3.63) is 24.3 Å². The standard InChI is InChI=1S/C12H19N3O3S/c1-14(2)19(16,17)13-11-3-5-12(6-4-11)15-7-9-18-10-8-15/h3-6,13H,7-10H2,1-2H3. The maximum atomic E-state index is 11.7. The molecule has 1 aromatic rings. The van der Waals surface area contributed by atoms with Crippen LogP contribution in [0.25, 0.3) is 0 Å². The van der Waals surface area contributed by atoms with Crippen molar-refractivity contribution in [1.29, 1.82) is 0 Å². The average Bonchev–Trinajstić information content (AvgIpc) is 2.40. The van der Waals surface area contributed by atoms with E-state index in [9.17, 15) is 8.42 Å². The molecule has 106 valence electrons. The van der Waals surface area contributed by atoms with Crippen LogP contribution in [0.3, 0.4) is 0 Å². The van der Waals surface area contributed by atoms with Crippen molar-refractivity contribution in [3.63, 3.8) is 0 Å². The van der Waals surface area contributed by atoms with Crippen LogP contribution in [0.1, 0.15) is 0 Å². The van der Waals surface area contributed by atoms with Gasteiger partial charge in [-0.2, -0.15) is 12.7 Å². The van der Waals surface area contributed by atoms with E-state index in [4.69, 9.17) is 4.74 Å². The number of anilines is 2. The van der Waals surface area contributed by atoms with E-state index >= 15 is 0 Å². The normalized spacial score (nSPS) is 16.7. The van der Waals surface area contributed by atoms with E-state index < -0.39 is 10.2 Å². The summed E-state index contributed by atoms with van der Waals surface area (Å²) < 4.78 is 32.3. The molecule has 0 unspecified atom stereocenters. The fourth-order valence-corrected chi connectivity index (χ4v) is 2.42. The van der Waals surface area contributed by atoms with Gasteiger partial charge in [-0.25, -0.2) is 0 Å². The molecule has 0 amide bonds. The molecular formula is C12H19N3O3S. The van der Waals surface area contributed by atoms with Crippen LogP contribution in [0.4, 0.5) is 11.4 Å². The molecule has 0 spiro atoms. The molecule has 0 bridgehead atoms. The van der Waals surface area contributed by atoms with Crippen molar-refractivity contribution in [1.82, 2.24) is 4.31 Å². The van der Waals surface area contributed by atoms with Gasteiger partial charge in [0.05, 0.1) is 13.2 Å². The second kappa shape index (κ2) is 5.77. The zero-order valence-electron chi connectivity index (χ0n) is 11.2. The van der Waals surface area contributed by atoms with E-state index in [2.05, 4.69) is 9.62 Å². The van der Waals surface area contributed by atoms with Crippen molar-refractivity contribution < 1.29 is 13.2 Å². The lowest BCUT2D eigenvalue weighted by Crippen LogP contribution is -2.36. The molecule has 1 aliphatic rings. The maximum Gasteiger partial charge on any atom is 0.301 e. The van der Waals surface area contributed by atoms with E-state index in [1.54, 1.807) is 12.1 Å². The summed E-state index contributed by atoms with van der Waals surface area (Å²) in [7, 11) is -0.458. The summed E-state index contributed by atoms with van der Waals surface area (Å²) in [5.74, 6) is 0. The molecule has 1 saturated heterocycles. The fraction of sp³-hybridized carbons (Fsp3) is 0.500. The summed E-state index contributed by atoms with van der Waals surface area (Å²) in [5.41, 5.74) is 1.64. The zero-order valence-corrected chi connectivity index (χ0v) is 12.0. The molecule has 1 fully saturated rings. The van der Waals surface area contributed by atoms with E-state index in [1.165, 1.54) is 14.1 Å². The Labute approximate surface area is 114 Å². The quantitative estimate of drug-likeness (QED) is 0.886. The molecule has 1 heterocycles. The van der Waals surface area contributed by atoms with Crippen LogP contribution < -0.4 is 9.62 Å². The third-order valence-corrected chi connectivity index (χ3v) is 4.43. The number of morpholine rings is 1. The van der Waals surface area contributed by atoms with Gasteiger partial charge in [0.15, 0.2) is 0 Å². The lowest BCUT2D eigenvalue weighted by Gasteiger charge is -2.29. The topological polar surface area (TPSA) is 61.9 Å². The van der Waals surface area contributed by atoms with Crippen LogP contribution in [-0.2, 0) is 14.9 Å². The van der Waals surface area contributed by atoms with Gasteiger partial charge in [0.25, 0.3) is 0 Å². The molecule has 1 aromatic carbocycles. The first-order valence-electron chi connectivity index (χ1n) is 6.12. The van der Waals surface area contributed by atoms with Gasteiger partial charge in [0, 0.05) is 38.6 Å². The van der Waals surface area contributed by atoms with E-state index in [1.807, 2.05) is 12.1 Å². The first-order chi connectivity index (χ1) is 8.99. The number of hydrogen-bond acceptors (Lipinski definition) is 4. The van der Waals surface area contributed by atoms with Crippen molar-refractivity contribution in [3.8, 4) is 0 Å². The molecule has 0 atom stereocenters. The van der Waals surface area contributed by atoms with Crippen LogP contribution in [0.2, 0.25) is 0 Å². The number of benzene rings is 1. The highest BCUT2D eigenvalue weighted by Crippen LogP contribution is 2.19. The summed E-state index contributed by atoms with van der Waals surface area (Å²) in [6, 6.07) is 7.37. The molecule has 1 N–H and O–H groups in total. The Morgan fingerprint density at radius 1 is 1.16 bits per heavy atom. The second-order valence-corrected chi connectivity index (χ2v) is 6.42. The molecule has 7 heteroatoms. The largest absolute Gasteiger partial charge is 0.378 e. The third kappa shape index (κ3) is 3.59. The minimum Gasteiger partial charge on any atom is -0.378 e. The van der Waals surface area contributed by atoms with Crippen LogP contribution in [0, 0.1) is 0 Å². The van der Waals surface area contributed by atoms with Crippen molar-refractivity contribution in [2.24, 2.45) is 0 Å². The summed E-state index contributed by atoms with van der Waals surface area (Å²) in [6.45, 7) is 3.19. The van der Waals surface area contributed by atoms with Crippen molar-refractivity contribution >= 4 is 21.6 Å². The molecule has 6 nitrogen and oxygen atoms in total. The highest BCUT2D eigenvalue weighted by atomic mass is 32.2. The molecular weight excluding hydrogens is 266 g/mol. The molecule has 19 heavy (non-hydrogen) atoms. The maximum absolute atomic E-state index is 11.7. The summed E-state index contributed by atoms with van der Waals surface area (Å²) in [5, 5.41) is 0. The fourth-order valence-electron chi connectivity index (χ4n) is 1.80. The first kappa shape index (κ1) is 14.1. The van der Waals surface area contributed by atoms with E-state index in [0.29, 0.717) is 5.69 Å². The van der Waals surface area contributed by atoms with Gasteiger partial charge in [-0.1, -0.05) is 0 Å². The van der Waals surface area contributed by atoms with Crippen LogP contribution in [0.5, 0.6) is 0 Å². The number of nitrogens with one attached hydrogen (secondary N) is 1. The smallest absolute Gasteiger partial charge is 0.301 e. The zero-order chi connectivity index (χ0) is 13.9. The summed E-state index contributed by atoms with van der Waals surface area (Å²) in [4.78, 5) is 2.22. The third-order valence-electron chi connectivity index (χ3n) is 2.97. The number of ether oxygens (including phenoxy) is 1. The Kier molecular flexibility index (Phi) is 4.28. The van der Waals surface area contributed by atoms with E-state index in [-0.39, 0.29) is 0 Å². The van der Waals surface area contributed by atoms with Gasteiger partial charge in [0.2, 0.25) is 0 Å². The second-order valence-electron chi connectivity index (χ2n) is 4.54. The first-order valence-corrected chi connectivity index (χ1v) is 7.56. The lowest BCUT2D eigenvalue weighted by atomic mass is 10.2. The Balaban J connectivity index is 2.06. The van der Waals surface area contributed by atoms with Gasteiger partial charge >= 0.3 is 10.2 Å². The summed E-state index contributed by atoms with van der Waals surface area (Å²) in [6.07, 6.45) is 0. The highest BCUT2D eigenvalue weighted by Gasteiger charge is 2.14. The Bertz CT molecular complexity index is 508. The van der Waals surface area contributed by atoms with Crippen LogP contribution in [-0.4, -0.2) is 53.1 Å². The molecule has 0 aromatic heterocycles. The Morgan fingerprint density at radius 3 is 2.26 bits per heavy atom. The molecule has 0 aliphatic carbocycles. The SMILES string of the molecule is CN(C)S(=O)(=O)Nc1ccc(N2CCOCC2)cc1. The summed E-state index contributed by atoms with van der Waals surface area (Å²) >= 11 is 0. The van der Waals surface area contributed by atoms with Gasteiger partial charge in [-0.15, -0.1) is 0 Å². The number of rotatable bonds is 4. The average molecular weight is 285 g/mol. The minimum absolute atomic E-state index is 0.561. The molecule has 0 radical (unpaired) electrons. The van der Waals surface area contributed by atoms with Gasteiger partial charge in [-0.05, 0) is 24.3 Å². The molecule has 2 rings (SSSR count). The predicted molar refractivity (Wildman–Crippen MR) is 75.7 cm³/mol. The monoisotopic (exact) mass is 285 g/mol. The van der Waals surface area contributed by atoms with Crippen molar-refractivity contribution in [2.75, 3.05) is 50.0 Å². The van der Waals surface area contributed by atoms with Gasteiger partial charge in [-0.3, -0.25) is 4.72 Å². The molecule has 0 saturated carbocycles. The lowest BCUT2D eigenvalue weighted by molar-refractivity contribution is 0.122. The number of hydrogen-bond donors (Lipinski definition) is 1. The highest BCUT2D eigenvalue weighted by molar-refractivity contribution is 7.90. The van der Waals surface area contributed by atoms with Gasteiger partial charge in [0.1, 0.15) is 0 Å². The van der Waals surface area contributed by atoms with Crippen LogP contribution in [0.15, 0.2) is 24.3 Å². The molecule has 1 aliphatic heterocycles. The van der Waals surface area contributed by atoms with Crippen LogP contribution >= 0.6 is 0 Å². The van der Waals surface area contributed by atoms with Crippen molar-refractivity contribution in [2.45, 2.75) is 0 Å². The minimum atomic E-state index is -3.44. The van der Waals surface area contributed by atoms with Gasteiger partial charge < -0.3 is 9.64 Å². The van der Waals surface area contributed by atoms with E-state index in [0.717, 1.165) is 36.3 Å². The number of nitrogens with zero attached hydrogens (tertiary/aromatic N) is 2. The predicted octanol–water partition coefficient (Wildman–Crippen LogP) is 0.741. The Morgan fingerprint density at radius 2 is 1.74 bits per heavy atom. The Hall–Kier alpha value is -1.31.